The van der Waals surface area contributed by atoms with Gasteiger partial charge in [-0.2, -0.15) is 0 Å². The predicted molar refractivity (Wildman–Crippen MR) is 183 cm³/mol. The molecule has 0 saturated carbocycles. The Balaban J connectivity index is 1.18. The summed E-state index contributed by atoms with van der Waals surface area (Å²) in [5, 5.41) is 10.8. The molecule has 3 aromatic carbocycles. The van der Waals surface area contributed by atoms with Gasteiger partial charge < -0.3 is 20.5 Å². The zero-order valence-corrected chi connectivity index (χ0v) is 27.5. The summed E-state index contributed by atoms with van der Waals surface area (Å²) in [6, 6.07) is 18.7. The number of hydrogen-bond acceptors (Lipinski definition) is 8. The maximum Gasteiger partial charge on any atom is 0.282 e. The number of aliphatic hydroxyl groups excluding tert-OH is 1. The molecular formula is C36H36ClFN6O4. The average Bonchev–Trinajstić information content (AvgIpc) is 3.66. The third-order valence-corrected chi connectivity index (χ3v) is 8.96. The lowest BCUT2D eigenvalue weighted by Gasteiger charge is -2.20. The third-order valence-electron chi connectivity index (χ3n) is 8.64. The zero-order chi connectivity index (χ0) is 33.9. The monoisotopic (exact) mass is 670 g/mol. The molecule has 0 amide bonds. The zero-order valence-electron chi connectivity index (χ0n) is 26.7. The minimum absolute atomic E-state index is 0.00513. The van der Waals surface area contributed by atoms with Gasteiger partial charge in [0.1, 0.15) is 29.8 Å². The topological polar surface area (TPSA) is 129 Å². The molecule has 1 saturated heterocycles. The number of likely N-dealkylation sites (tertiary alicyclic amines) is 1. The highest BCUT2D eigenvalue weighted by atomic mass is 35.5. The van der Waals surface area contributed by atoms with Crippen molar-refractivity contribution in [1.82, 2.24) is 24.2 Å². The molecule has 248 valence electrons. The van der Waals surface area contributed by atoms with E-state index in [4.69, 9.17) is 22.1 Å². The number of para-hydroxylation sites is 1. The number of benzene rings is 3. The molecule has 0 radical (unpaired) electrons. The molecule has 48 heavy (non-hydrogen) atoms. The van der Waals surface area contributed by atoms with E-state index in [0.717, 1.165) is 25.9 Å². The second kappa shape index (κ2) is 14.1. The van der Waals surface area contributed by atoms with Crippen molar-refractivity contribution in [1.29, 1.82) is 0 Å². The number of nitrogens with two attached hydrogens (primary N) is 1. The summed E-state index contributed by atoms with van der Waals surface area (Å²) in [7, 11) is 1.71. The average molecular weight is 671 g/mol. The minimum Gasteiger partial charge on any atom is -0.488 e. The molecule has 6 rings (SSSR count). The summed E-state index contributed by atoms with van der Waals surface area (Å²) in [5.74, 6) is -0.779. The van der Waals surface area contributed by atoms with Gasteiger partial charge in [0.05, 0.1) is 22.6 Å². The maximum absolute atomic E-state index is 15.6. The van der Waals surface area contributed by atoms with Crippen molar-refractivity contribution < 1.29 is 19.0 Å². The summed E-state index contributed by atoms with van der Waals surface area (Å²) in [4.78, 5) is 37.8. The number of nitrogen functional groups attached to an aromatic ring is 1. The fourth-order valence-electron chi connectivity index (χ4n) is 6.04. The molecule has 0 bridgehead atoms. The van der Waals surface area contributed by atoms with Crippen LogP contribution in [0.3, 0.4) is 0 Å². The van der Waals surface area contributed by atoms with Crippen molar-refractivity contribution in [3.63, 3.8) is 0 Å². The van der Waals surface area contributed by atoms with Gasteiger partial charge in [0.2, 0.25) is 0 Å². The van der Waals surface area contributed by atoms with E-state index in [1.54, 1.807) is 79.3 Å². The molecule has 1 aliphatic rings. The number of halogens is 2. The highest BCUT2D eigenvalue weighted by Crippen LogP contribution is 2.31. The number of anilines is 1. The Hall–Kier alpha value is -4.84. The van der Waals surface area contributed by atoms with E-state index in [2.05, 4.69) is 14.9 Å². The number of aliphatic hydroxyl groups is 1. The summed E-state index contributed by atoms with van der Waals surface area (Å²) >= 11 is 6.35. The molecule has 10 nitrogen and oxygen atoms in total. The smallest absolute Gasteiger partial charge is 0.282 e. The number of hydrogen-bond donors (Lipinski definition) is 2. The van der Waals surface area contributed by atoms with E-state index < -0.39 is 17.5 Å². The first-order valence-electron chi connectivity index (χ1n) is 15.7. The van der Waals surface area contributed by atoms with Gasteiger partial charge in [-0.3, -0.25) is 14.3 Å². The number of ether oxygens (including phenoxy) is 1. The molecule has 0 aliphatic carbocycles. The Morgan fingerprint density at radius 2 is 1.81 bits per heavy atom. The Kier molecular flexibility index (Phi) is 9.72. The summed E-state index contributed by atoms with van der Waals surface area (Å²) in [6.07, 6.45) is 2.88. The summed E-state index contributed by atoms with van der Waals surface area (Å²) < 4.78 is 24.3. The second-order valence-corrected chi connectivity index (χ2v) is 12.3. The minimum atomic E-state index is -0.740. The van der Waals surface area contributed by atoms with Crippen molar-refractivity contribution in [3.8, 4) is 34.0 Å². The molecule has 12 heteroatoms. The number of β-amino-alcohol motifs (C(OH)–C–C–N with tert-alkyl or cyclic N) is 1. The third kappa shape index (κ3) is 6.75. The van der Waals surface area contributed by atoms with Crippen LogP contribution in [0.2, 0.25) is 5.02 Å². The van der Waals surface area contributed by atoms with Crippen LogP contribution < -0.4 is 16.0 Å². The molecule has 2 aromatic heterocycles. The molecule has 1 atom stereocenters. The van der Waals surface area contributed by atoms with Crippen molar-refractivity contribution in [3.05, 3.63) is 111 Å². The number of nitrogens with zero attached hydrogens (tertiary/aromatic N) is 5. The second-order valence-electron chi connectivity index (χ2n) is 11.9. The largest absolute Gasteiger partial charge is 0.488 e. The van der Waals surface area contributed by atoms with Gasteiger partial charge in [0.15, 0.2) is 17.3 Å². The lowest BCUT2D eigenvalue weighted by molar-refractivity contribution is 0.0743. The Bertz CT molecular complexity index is 2020. The van der Waals surface area contributed by atoms with Gasteiger partial charge in [0.25, 0.3) is 5.56 Å². The lowest BCUT2D eigenvalue weighted by Crippen LogP contribution is -2.33. The normalized spacial score (nSPS) is 13.9. The maximum atomic E-state index is 15.6. The number of aromatic nitrogens is 4. The van der Waals surface area contributed by atoms with E-state index in [0.29, 0.717) is 39.8 Å². The van der Waals surface area contributed by atoms with Gasteiger partial charge in [-0.1, -0.05) is 54.1 Å². The van der Waals surface area contributed by atoms with Gasteiger partial charge in [-0.05, 0) is 62.7 Å². The number of Topliss-reactive ketones (excluding diaryl/α,β-unsaturated/α-hetero) is 1. The van der Waals surface area contributed by atoms with Crippen molar-refractivity contribution >= 4 is 23.2 Å². The van der Waals surface area contributed by atoms with E-state index >= 15 is 4.39 Å². The van der Waals surface area contributed by atoms with Gasteiger partial charge in [0, 0.05) is 36.8 Å². The van der Waals surface area contributed by atoms with Crippen molar-refractivity contribution in [2.24, 2.45) is 7.05 Å². The van der Waals surface area contributed by atoms with E-state index in [9.17, 15) is 14.7 Å². The van der Waals surface area contributed by atoms with Crippen LogP contribution in [0.25, 0.3) is 28.2 Å². The predicted octanol–water partition coefficient (Wildman–Crippen LogP) is 5.24. The fourth-order valence-corrected chi connectivity index (χ4v) is 6.26. The van der Waals surface area contributed by atoms with Crippen molar-refractivity contribution in [2.75, 3.05) is 32.0 Å². The van der Waals surface area contributed by atoms with Crippen LogP contribution in [-0.2, 0) is 13.5 Å². The van der Waals surface area contributed by atoms with Crippen LogP contribution in [0.5, 0.6) is 5.75 Å². The highest BCUT2D eigenvalue weighted by molar-refractivity contribution is 6.32. The van der Waals surface area contributed by atoms with Gasteiger partial charge >= 0.3 is 0 Å². The molecule has 5 aromatic rings. The Labute approximate surface area is 282 Å². The highest BCUT2D eigenvalue weighted by Gasteiger charge is 2.24. The lowest BCUT2D eigenvalue weighted by atomic mass is 10.0. The first-order valence-corrected chi connectivity index (χ1v) is 16.1. The van der Waals surface area contributed by atoms with Crippen LogP contribution in [0.1, 0.15) is 34.5 Å². The quantitative estimate of drug-likeness (QED) is 0.183. The summed E-state index contributed by atoms with van der Waals surface area (Å²) in [6.45, 7) is 4.06. The number of carbonyl (C=O) groups excluding carboxylic acids is 1. The van der Waals surface area contributed by atoms with Crippen molar-refractivity contribution in [2.45, 2.75) is 32.3 Å². The number of ketones is 1. The summed E-state index contributed by atoms with van der Waals surface area (Å²) in [5.41, 5.74) is 8.95. The fraction of sp³-hybridized carbons (Fsp3) is 0.278. The molecular weight excluding hydrogens is 635 g/mol. The van der Waals surface area contributed by atoms with Crippen LogP contribution in [0.4, 0.5) is 10.2 Å². The first kappa shape index (κ1) is 33.1. The van der Waals surface area contributed by atoms with Crippen LogP contribution in [-0.4, -0.2) is 67.5 Å². The Morgan fingerprint density at radius 1 is 1.08 bits per heavy atom. The van der Waals surface area contributed by atoms with E-state index in [1.165, 1.54) is 16.9 Å². The van der Waals surface area contributed by atoms with Crippen LogP contribution >= 0.6 is 11.6 Å². The molecule has 3 heterocycles. The molecule has 1 aliphatic heterocycles. The molecule has 1 fully saturated rings. The van der Waals surface area contributed by atoms with Crippen LogP contribution in [0, 0.1) is 12.7 Å². The number of carbonyl (C=O) groups is 1. The van der Waals surface area contributed by atoms with E-state index in [-0.39, 0.29) is 47.2 Å². The standard InChI is InChI=1S/C36H36ClFN6O4/c1-22-32(36(47)44(42(22)2)29-10-4-3-9-27(29)37)30(46)18-23-12-14-24(15-13-23)34-35(39)40-19-28(41-34)26-8-7-11-31(33(26)38)48-21-25(45)20-43-16-5-6-17-43/h3-4,7-15,19,25,45H,5-6,16-18,20-21H2,1-2H3,(H2,39,40). The SMILES string of the molecule is Cc1c(C(=O)Cc2ccc(-c3nc(-c4cccc(OCC(O)CN5CCCC5)c4F)cnc3N)cc2)c(=O)n(-c2ccccc2Cl)n1C. The molecule has 1 unspecified atom stereocenters. The first-order chi connectivity index (χ1) is 23.1. The molecule has 0 spiro atoms. The molecule has 3 N–H and O–H groups in total. The van der Waals surface area contributed by atoms with Crippen LogP contribution in [0.15, 0.2) is 77.7 Å². The Morgan fingerprint density at radius 3 is 2.54 bits per heavy atom. The van der Waals surface area contributed by atoms with Gasteiger partial charge in [-0.25, -0.2) is 19.0 Å². The van der Waals surface area contributed by atoms with Gasteiger partial charge in [-0.15, -0.1) is 0 Å². The number of rotatable bonds is 11. The van der Waals surface area contributed by atoms with E-state index in [1.807, 2.05) is 0 Å².